The van der Waals surface area contributed by atoms with Crippen LogP contribution in [0.25, 0.3) is 0 Å². The Hall–Kier alpha value is -1.68. The molecule has 2 rings (SSSR count). The number of aromatic nitrogens is 2. The smallest absolute Gasteiger partial charge is 0.228 e. The summed E-state index contributed by atoms with van der Waals surface area (Å²) in [5.74, 6) is 1.23. The molecule has 1 atom stereocenters. The van der Waals surface area contributed by atoms with Crippen LogP contribution in [0.3, 0.4) is 0 Å². The molecule has 0 aliphatic heterocycles. The predicted octanol–water partition coefficient (Wildman–Crippen LogP) is 1.62. The van der Waals surface area contributed by atoms with Gasteiger partial charge in [-0.3, -0.25) is 0 Å². The van der Waals surface area contributed by atoms with Crippen molar-refractivity contribution in [1.29, 1.82) is 0 Å². The monoisotopic (exact) mass is 203 g/mol. The first-order chi connectivity index (χ1) is 7.25. The molecule has 0 fully saturated rings. The second-order valence-electron chi connectivity index (χ2n) is 3.46. The van der Waals surface area contributed by atoms with Gasteiger partial charge in [0.25, 0.3) is 0 Å². The van der Waals surface area contributed by atoms with E-state index in [1.165, 1.54) is 0 Å². The maximum atomic E-state index is 6.01. The van der Waals surface area contributed by atoms with Gasteiger partial charge in [0.1, 0.15) is 0 Å². The molecule has 1 heterocycles. The van der Waals surface area contributed by atoms with Crippen LogP contribution in [-0.2, 0) is 6.42 Å². The molecule has 1 aromatic heterocycles. The fourth-order valence-electron chi connectivity index (χ4n) is 1.43. The Labute approximate surface area is 88.1 Å². The SMILES string of the molecule is Cc1noc(C[C@H](N)c2ccccc2)n1. The van der Waals surface area contributed by atoms with Gasteiger partial charge in [0, 0.05) is 12.5 Å². The third kappa shape index (κ3) is 2.41. The molecule has 78 valence electrons. The quantitative estimate of drug-likeness (QED) is 0.823. The Balaban J connectivity index is 2.07. The number of aryl methyl sites for hydroxylation is 1. The maximum Gasteiger partial charge on any atom is 0.228 e. The standard InChI is InChI=1S/C11H13N3O/c1-8-13-11(15-14-8)7-10(12)9-5-3-2-4-6-9/h2-6,10H,7,12H2,1H3/t10-/m0/s1. The normalized spacial score (nSPS) is 12.7. The minimum absolute atomic E-state index is 0.0916. The van der Waals surface area contributed by atoms with Crippen molar-refractivity contribution in [2.24, 2.45) is 5.73 Å². The van der Waals surface area contributed by atoms with Gasteiger partial charge in [-0.15, -0.1) is 0 Å². The number of rotatable bonds is 3. The highest BCUT2D eigenvalue weighted by Gasteiger charge is 2.10. The topological polar surface area (TPSA) is 64.9 Å². The van der Waals surface area contributed by atoms with E-state index < -0.39 is 0 Å². The lowest BCUT2D eigenvalue weighted by molar-refractivity contribution is 0.366. The van der Waals surface area contributed by atoms with Crippen LogP contribution < -0.4 is 5.73 Å². The predicted molar refractivity (Wildman–Crippen MR) is 56.1 cm³/mol. The molecule has 0 saturated carbocycles. The van der Waals surface area contributed by atoms with Crippen molar-refractivity contribution in [3.8, 4) is 0 Å². The average molecular weight is 203 g/mol. The Morgan fingerprint density at radius 1 is 1.33 bits per heavy atom. The van der Waals surface area contributed by atoms with Crippen LogP contribution in [0.5, 0.6) is 0 Å². The Morgan fingerprint density at radius 2 is 2.07 bits per heavy atom. The van der Waals surface area contributed by atoms with Gasteiger partial charge < -0.3 is 10.3 Å². The third-order valence-electron chi connectivity index (χ3n) is 2.19. The van der Waals surface area contributed by atoms with E-state index in [9.17, 15) is 0 Å². The molecular weight excluding hydrogens is 190 g/mol. The summed E-state index contributed by atoms with van der Waals surface area (Å²) in [6.07, 6.45) is 0.574. The Morgan fingerprint density at radius 3 is 2.67 bits per heavy atom. The van der Waals surface area contributed by atoms with E-state index >= 15 is 0 Å². The highest BCUT2D eigenvalue weighted by atomic mass is 16.5. The van der Waals surface area contributed by atoms with Crippen molar-refractivity contribution in [2.45, 2.75) is 19.4 Å². The molecule has 0 aliphatic carbocycles. The minimum atomic E-state index is -0.0916. The molecule has 0 spiro atoms. The van der Waals surface area contributed by atoms with Gasteiger partial charge >= 0.3 is 0 Å². The van der Waals surface area contributed by atoms with Gasteiger partial charge in [-0.05, 0) is 12.5 Å². The van der Waals surface area contributed by atoms with E-state index in [1.54, 1.807) is 6.92 Å². The van der Waals surface area contributed by atoms with E-state index in [0.717, 1.165) is 5.56 Å². The van der Waals surface area contributed by atoms with Crippen LogP contribution in [0.1, 0.15) is 23.3 Å². The van der Waals surface area contributed by atoms with Gasteiger partial charge in [0.2, 0.25) is 5.89 Å². The number of hydrogen-bond acceptors (Lipinski definition) is 4. The van der Waals surface area contributed by atoms with Gasteiger partial charge in [-0.1, -0.05) is 35.5 Å². The zero-order valence-corrected chi connectivity index (χ0v) is 8.55. The van der Waals surface area contributed by atoms with Crippen molar-refractivity contribution < 1.29 is 4.52 Å². The number of benzene rings is 1. The van der Waals surface area contributed by atoms with Crippen LogP contribution in [-0.4, -0.2) is 10.1 Å². The van der Waals surface area contributed by atoms with Crippen molar-refractivity contribution in [3.63, 3.8) is 0 Å². The molecule has 0 bridgehead atoms. The second-order valence-corrected chi connectivity index (χ2v) is 3.46. The lowest BCUT2D eigenvalue weighted by atomic mass is 10.1. The lowest BCUT2D eigenvalue weighted by Gasteiger charge is -2.08. The molecule has 0 aliphatic rings. The Kier molecular flexibility index (Phi) is 2.78. The molecule has 15 heavy (non-hydrogen) atoms. The van der Waals surface area contributed by atoms with Crippen LogP contribution in [0.4, 0.5) is 0 Å². The van der Waals surface area contributed by atoms with Crippen LogP contribution in [0.2, 0.25) is 0 Å². The second kappa shape index (κ2) is 4.23. The summed E-state index contributed by atoms with van der Waals surface area (Å²) in [6.45, 7) is 1.79. The molecule has 0 saturated heterocycles. The Bertz CT molecular complexity index is 424. The molecule has 0 unspecified atom stereocenters. The molecule has 0 amide bonds. The summed E-state index contributed by atoms with van der Waals surface area (Å²) in [6, 6.07) is 9.79. The van der Waals surface area contributed by atoms with Crippen molar-refractivity contribution in [1.82, 2.24) is 10.1 Å². The van der Waals surface area contributed by atoms with Gasteiger partial charge in [0.05, 0.1) is 0 Å². The number of nitrogens with two attached hydrogens (primary N) is 1. The number of nitrogens with zero attached hydrogens (tertiary/aromatic N) is 2. The van der Waals surface area contributed by atoms with Crippen molar-refractivity contribution in [3.05, 3.63) is 47.6 Å². The minimum Gasteiger partial charge on any atom is -0.339 e. The van der Waals surface area contributed by atoms with E-state index in [0.29, 0.717) is 18.1 Å². The van der Waals surface area contributed by atoms with Crippen molar-refractivity contribution >= 4 is 0 Å². The average Bonchev–Trinajstić information content (AvgIpc) is 2.65. The fourth-order valence-corrected chi connectivity index (χ4v) is 1.43. The molecule has 1 aromatic carbocycles. The summed E-state index contributed by atoms with van der Waals surface area (Å²) in [4.78, 5) is 4.12. The third-order valence-corrected chi connectivity index (χ3v) is 2.19. The highest BCUT2D eigenvalue weighted by Crippen LogP contribution is 2.14. The maximum absolute atomic E-state index is 6.01. The molecule has 2 aromatic rings. The zero-order chi connectivity index (χ0) is 10.7. The largest absolute Gasteiger partial charge is 0.339 e. The van der Waals surface area contributed by atoms with Crippen LogP contribution in [0.15, 0.2) is 34.9 Å². The molecular formula is C11H13N3O. The number of hydrogen-bond donors (Lipinski definition) is 1. The van der Waals surface area contributed by atoms with E-state index in [4.69, 9.17) is 10.3 Å². The van der Waals surface area contributed by atoms with Gasteiger partial charge in [-0.2, -0.15) is 4.98 Å². The first-order valence-electron chi connectivity index (χ1n) is 4.85. The highest BCUT2D eigenvalue weighted by molar-refractivity contribution is 5.19. The molecule has 4 heteroatoms. The van der Waals surface area contributed by atoms with Crippen LogP contribution >= 0.6 is 0 Å². The summed E-state index contributed by atoms with van der Waals surface area (Å²) in [5, 5.41) is 3.72. The molecule has 0 radical (unpaired) electrons. The summed E-state index contributed by atoms with van der Waals surface area (Å²) >= 11 is 0. The van der Waals surface area contributed by atoms with Crippen LogP contribution in [0, 0.1) is 6.92 Å². The van der Waals surface area contributed by atoms with E-state index in [2.05, 4.69) is 10.1 Å². The summed E-state index contributed by atoms with van der Waals surface area (Å²) in [7, 11) is 0. The zero-order valence-electron chi connectivity index (χ0n) is 8.55. The molecule has 2 N–H and O–H groups in total. The first kappa shape index (κ1) is 9.86. The van der Waals surface area contributed by atoms with Crippen molar-refractivity contribution in [2.75, 3.05) is 0 Å². The lowest BCUT2D eigenvalue weighted by Crippen LogP contribution is -2.13. The summed E-state index contributed by atoms with van der Waals surface area (Å²) in [5.41, 5.74) is 7.09. The fraction of sp³-hybridized carbons (Fsp3) is 0.273. The van der Waals surface area contributed by atoms with Gasteiger partial charge in [-0.25, -0.2) is 0 Å². The molecule has 4 nitrogen and oxygen atoms in total. The first-order valence-corrected chi connectivity index (χ1v) is 4.85. The van der Waals surface area contributed by atoms with E-state index in [-0.39, 0.29) is 6.04 Å². The summed E-state index contributed by atoms with van der Waals surface area (Å²) < 4.78 is 5.02. The van der Waals surface area contributed by atoms with E-state index in [1.807, 2.05) is 30.3 Å². The van der Waals surface area contributed by atoms with Gasteiger partial charge in [0.15, 0.2) is 5.82 Å².